The lowest BCUT2D eigenvalue weighted by Gasteiger charge is -2.34. The number of hydrogen-bond donors (Lipinski definition) is 0. The summed E-state index contributed by atoms with van der Waals surface area (Å²) < 4.78 is 38.8. The van der Waals surface area contributed by atoms with Crippen LogP contribution in [-0.2, 0) is 14.8 Å². The maximum Gasteiger partial charge on any atom is 0.243 e. The summed E-state index contributed by atoms with van der Waals surface area (Å²) in [5.41, 5.74) is 0.689. The minimum Gasteiger partial charge on any atom is -0.496 e. The van der Waals surface area contributed by atoms with Crippen LogP contribution < -0.4 is 4.74 Å². The average Bonchev–Trinajstić information content (AvgIpc) is 2.37. The maximum atomic E-state index is 12.9. The van der Waals surface area contributed by atoms with Crippen molar-refractivity contribution >= 4 is 26.0 Å². The van der Waals surface area contributed by atoms with Gasteiger partial charge in [-0.1, -0.05) is 0 Å². The van der Waals surface area contributed by atoms with Gasteiger partial charge >= 0.3 is 0 Å². The molecule has 0 amide bonds. The molecule has 1 fully saturated rings. The zero-order chi connectivity index (χ0) is 15.8. The van der Waals surface area contributed by atoms with Gasteiger partial charge in [-0.05, 0) is 48.3 Å². The van der Waals surface area contributed by atoms with Crippen molar-refractivity contribution in [3.05, 3.63) is 22.2 Å². The predicted octanol–water partition coefficient (Wildman–Crippen LogP) is 2.56. The number of ether oxygens (including phenoxy) is 2. The maximum absolute atomic E-state index is 12.9. The van der Waals surface area contributed by atoms with Gasteiger partial charge in [0.2, 0.25) is 10.0 Å². The second kappa shape index (κ2) is 6.24. The first-order valence-electron chi connectivity index (χ1n) is 6.75. The van der Waals surface area contributed by atoms with E-state index in [1.54, 1.807) is 19.1 Å². The van der Waals surface area contributed by atoms with Gasteiger partial charge in [0.25, 0.3) is 0 Å². The van der Waals surface area contributed by atoms with E-state index in [2.05, 4.69) is 15.9 Å². The largest absolute Gasteiger partial charge is 0.496 e. The molecule has 1 aliphatic rings. The van der Waals surface area contributed by atoms with E-state index in [1.807, 2.05) is 13.8 Å². The molecule has 5 nitrogen and oxygen atoms in total. The van der Waals surface area contributed by atoms with Crippen LogP contribution in [0.1, 0.15) is 19.4 Å². The minimum atomic E-state index is -3.56. The highest BCUT2D eigenvalue weighted by Crippen LogP contribution is 2.32. The van der Waals surface area contributed by atoms with Crippen LogP contribution in [0.5, 0.6) is 5.75 Å². The molecular weight excluding hydrogens is 358 g/mol. The minimum absolute atomic E-state index is 0.110. The van der Waals surface area contributed by atoms with E-state index in [9.17, 15) is 8.42 Å². The lowest BCUT2D eigenvalue weighted by Crippen LogP contribution is -2.48. The SMILES string of the molecule is COc1cc(S(=O)(=O)N2C[C@H](C)O[C@@H](C)C2)c(C)cc1Br. The zero-order valence-corrected chi connectivity index (χ0v) is 15.0. The van der Waals surface area contributed by atoms with Crippen molar-refractivity contribution in [2.75, 3.05) is 20.2 Å². The Kier molecular flexibility index (Phi) is 4.97. The van der Waals surface area contributed by atoms with Crippen molar-refractivity contribution in [2.45, 2.75) is 37.9 Å². The van der Waals surface area contributed by atoms with Crippen LogP contribution in [0.15, 0.2) is 21.5 Å². The summed E-state index contributed by atoms with van der Waals surface area (Å²) in [6.07, 6.45) is -0.220. The van der Waals surface area contributed by atoms with Crippen LogP contribution in [0.25, 0.3) is 0 Å². The number of halogens is 1. The molecule has 0 bridgehead atoms. The summed E-state index contributed by atoms with van der Waals surface area (Å²) >= 11 is 3.37. The molecule has 1 aromatic carbocycles. The van der Waals surface area contributed by atoms with E-state index < -0.39 is 10.0 Å². The third-order valence-electron chi connectivity index (χ3n) is 3.45. The molecule has 0 unspecified atom stereocenters. The summed E-state index contributed by atoms with van der Waals surface area (Å²) in [7, 11) is -2.04. The highest BCUT2D eigenvalue weighted by Gasteiger charge is 2.33. The summed E-state index contributed by atoms with van der Waals surface area (Å²) in [5.74, 6) is 0.508. The Morgan fingerprint density at radius 1 is 1.29 bits per heavy atom. The molecule has 0 aromatic heterocycles. The van der Waals surface area contributed by atoms with Crippen LogP contribution in [0.4, 0.5) is 0 Å². The lowest BCUT2D eigenvalue weighted by atomic mass is 10.2. The molecule has 0 N–H and O–H groups in total. The van der Waals surface area contributed by atoms with Gasteiger partial charge in [-0.3, -0.25) is 0 Å². The summed E-state index contributed by atoms with van der Waals surface area (Å²) in [5, 5.41) is 0. The molecule has 7 heteroatoms. The highest BCUT2D eigenvalue weighted by atomic mass is 79.9. The molecule has 1 aromatic rings. The molecular formula is C14H20BrNO4S. The number of methoxy groups -OCH3 is 1. The fourth-order valence-electron chi connectivity index (χ4n) is 2.53. The molecule has 21 heavy (non-hydrogen) atoms. The first kappa shape index (κ1) is 16.7. The number of sulfonamides is 1. The van der Waals surface area contributed by atoms with Gasteiger partial charge in [-0.15, -0.1) is 0 Å². The summed E-state index contributed by atoms with van der Waals surface area (Å²) in [6.45, 7) is 6.28. The predicted molar refractivity (Wildman–Crippen MR) is 84.2 cm³/mol. The van der Waals surface area contributed by atoms with Gasteiger partial charge in [-0.2, -0.15) is 4.31 Å². The van der Waals surface area contributed by atoms with Gasteiger partial charge in [0.05, 0.1) is 28.7 Å². The number of morpholine rings is 1. The Morgan fingerprint density at radius 2 is 1.86 bits per heavy atom. The Hall–Kier alpha value is -0.630. The van der Waals surface area contributed by atoms with Gasteiger partial charge in [0.15, 0.2) is 0 Å². The molecule has 0 saturated carbocycles. The standard InChI is InChI=1S/C14H20BrNO4S/c1-9-5-12(15)13(19-4)6-14(9)21(17,18)16-7-10(2)20-11(3)8-16/h5-6,10-11H,7-8H2,1-4H3/t10-,11-/m0/s1. The quantitative estimate of drug-likeness (QED) is 0.811. The van der Waals surface area contributed by atoms with Crippen molar-refractivity contribution in [2.24, 2.45) is 0 Å². The fourth-order valence-corrected chi connectivity index (χ4v) is 4.97. The van der Waals surface area contributed by atoms with Crippen LogP contribution in [0, 0.1) is 6.92 Å². The fraction of sp³-hybridized carbons (Fsp3) is 0.571. The summed E-state index contributed by atoms with van der Waals surface area (Å²) in [6, 6.07) is 3.33. The highest BCUT2D eigenvalue weighted by molar-refractivity contribution is 9.10. The monoisotopic (exact) mass is 377 g/mol. The van der Waals surface area contributed by atoms with Crippen LogP contribution in [0.2, 0.25) is 0 Å². The van der Waals surface area contributed by atoms with Gasteiger partial charge in [-0.25, -0.2) is 8.42 Å². The van der Waals surface area contributed by atoms with Crippen molar-refractivity contribution in [1.82, 2.24) is 4.31 Å². The second-order valence-electron chi connectivity index (χ2n) is 5.33. The van der Waals surface area contributed by atoms with Crippen molar-refractivity contribution < 1.29 is 17.9 Å². The van der Waals surface area contributed by atoms with Gasteiger partial charge in [0.1, 0.15) is 5.75 Å². The molecule has 2 rings (SSSR count). The molecule has 118 valence electrons. The molecule has 1 heterocycles. The van der Waals surface area contributed by atoms with E-state index in [1.165, 1.54) is 11.4 Å². The lowest BCUT2D eigenvalue weighted by molar-refractivity contribution is -0.0440. The topological polar surface area (TPSA) is 55.8 Å². The van der Waals surface area contributed by atoms with E-state index in [0.717, 1.165) is 4.47 Å². The van der Waals surface area contributed by atoms with Crippen LogP contribution in [-0.4, -0.2) is 45.1 Å². The van der Waals surface area contributed by atoms with Crippen LogP contribution in [0.3, 0.4) is 0 Å². The molecule has 0 spiro atoms. The average molecular weight is 378 g/mol. The number of hydrogen-bond acceptors (Lipinski definition) is 4. The van der Waals surface area contributed by atoms with Crippen molar-refractivity contribution in [3.8, 4) is 5.75 Å². The third-order valence-corrected chi connectivity index (χ3v) is 6.05. The number of rotatable bonds is 3. The Labute approximate surface area is 134 Å². The molecule has 2 atom stereocenters. The number of aryl methyl sites for hydroxylation is 1. The first-order chi connectivity index (χ1) is 9.75. The Bertz CT molecular complexity index is 622. The first-order valence-corrected chi connectivity index (χ1v) is 8.98. The van der Waals surface area contributed by atoms with E-state index in [0.29, 0.717) is 24.4 Å². The van der Waals surface area contributed by atoms with Crippen LogP contribution >= 0.6 is 15.9 Å². The van der Waals surface area contributed by atoms with E-state index in [4.69, 9.17) is 9.47 Å². The summed E-state index contributed by atoms with van der Waals surface area (Å²) in [4.78, 5) is 0.281. The number of benzene rings is 1. The third kappa shape index (κ3) is 3.41. The second-order valence-corrected chi connectivity index (χ2v) is 8.09. The van der Waals surface area contributed by atoms with Crippen molar-refractivity contribution in [1.29, 1.82) is 0 Å². The van der Waals surface area contributed by atoms with E-state index in [-0.39, 0.29) is 17.1 Å². The molecule has 1 aliphatic heterocycles. The molecule has 0 aliphatic carbocycles. The number of nitrogens with zero attached hydrogens (tertiary/aromatic N) is 1. The Balaban J connectivity index is 2.44. The van der Waals surface area contributed by atoms with E-state index >= 15 is 0 Å². The Morgan fingerprint density at radius 3 is 2.38 bits per heavy atom. The molecule has 1 saturated heterocycles. The van der Waals surface area contributed by atoms with Crippen molar-refractivity contribution in [3.63, 3.8) is 0 Å². The normalized spacial score (nSPS) is 24.0. The van der Waals surface area contributed by atoms with Gasteiger partial charge < -0.3 is 9.47 Å². The van der Waals surface area contributed by atoms with Gasteiger partial charge in [0, 0.05) is 19.2 Å². The smallest absolute Gasteiger partial charge is 0.243 e. The zero-order valence-electron chi connectivity index (χ0n) is 12.6. The molecule has 0 radical (unpaired) electrons.